The molecule has 0 amide bonds. The highest BCUT2D eigenvalue weighted by Crippen LogP contribution is 2.24. The monoisotopic (exact) mass is 289 g/mol. The van der Waals surface area contributed by atoms with E-state index in [1.165, 1.54) is 49.7 Å². The first-order chi connectivity index (χ1) is 10.3. The predicted octanol–water partition coefficient (Wildman–Crippen LogP) is 4.64. The van der Waals surface area contributed by atoms with Crippen LogP contribution >= 0.6 is 0 Å². The second kappa shape index (κ2) is 9.22. The maximum absolute atomic E-state index is 5.88. The lowest BCUT2D eigenvalue weighted by Crippen LogP contribution is -2.25. The smallest absolute Gasteiger partial charge is 0.0575 e. The first kappa shape index (κ1) is 16.5. The Balaban J connectivity index is 1.91. The van der Waals surface area contributed by atoms with Gasteiger partial charge in [0, 0.05) is 12.6 Å². The van der Waals surface area contributed by atoms with Gasteiger partial charge in [-0.3, -0.25) is 0 Å². The Morgan fingerprint density at radius 2 is 2.00 bits per heavy atom. The molecule has 2 heteroatoms. The summed E-state index contributed by atoms with van der Waals surface area (Å²) in [5.74, 6) is 0. The van der Waals surface area contributed by atoms with Crippen molar-refractivity contribution in [3.8, 4) is 0 Å². The highest BCUT2D eigenvalue weighted by Gasteiger charge is 2.17. The Bertz CT molecular complexity index is 381. The fraction of sp³-hybridized carbons (Fsp3) is 0.684. The van der Waals surface area contributed by atoms with Crippen LogP contribution < -0.4 is 5.32 Å². The second-order valence-electron chi connectivity index (χ2n) is 6.17. The van der Waals surface area contributed by atoms with Crippen molar-refractivity contribution < 1.29 is 4.74 Å². The standard InChI is InChI=1S/C19H31NO/c1-3-14-20-19(13-12-18-7-5-6-15-21-18)17-10-8-16(4-2)9-11-17/h8-11,18-20H,3-7,12-15H2,1-2H3. The van der Waals surface area contributed by atoms with Crippen molar-refractivity contribution in [2.75, 3.05) is 13.2 Å². The molecule has 1 N–H and O–H groups in total. The summed E-state index contributed by atoms with van der Waals surface area (Å²) in [5.41, 5.74) is 2.85. The lowest BCUT2D eigenvalue weighted by atomic mass is 9.96. The minimum Gasteiger partial charge on any atom is -0.378 e. The van der Waals surface area contributed by atoms with E-state index < -0.39 is 0 Å². The number of nitrogens with one attached hydrogen (secondary N) is 1. The molecule has 0 bridgehead atoms. The lowest BCUT2D eigenvalue weighted by Gasteiger charge is -2.26. The molecule has 0 spiro atoms. The maximum atomic E-state index is 5.88. The Kier molecular flexibility index (Phi) is 7.25. The fourth-order valence-corrected chi connectivity index (χ4v) is 3.08. The molecule has 0 saturated carbocycles. The van der Waals surface area contributed by atoms with E-state index in [-0.39, 0.29) is 0 Å². The number of ether oxygens (including phenoxy) is 1. The second-order valence-corrected chi connectivity index (χ2v) is 6.17. The number of rotatable bonds is 8. The van der Waals surface area contributed by atoms with Crippen molar-refractivity contribution in [3.63, 3.8) is 0 Å². The van der Waals surface area contributed by atoms with Crippen LogP contribution in [-0.4, -0.2) is 19.3 Å². The van der Waals surface area contributed by atoms with Crippen molar-refractivity contribution in [2.45, 2.75) is 70.9 Å². The third-order valence-electron chi connectivity index (χ3n) is 4.48. The first-order valence-electron chi connectivity index (χ1n) is 8.77. The zero-order chi connectivity index (χ0) is 14.9. The van der Waals surface area contributed by atoms with E-state index >= 15 is 0 Å². The zero-order valence-corrected chi connectivity index (χ0v) is 13.7. The molecule has 21 heavy (non-hydrogen) atoms. The molecule has 2 rings (SSSR count). The SMILES string of the molecule is CCCNC(CCC1CCCCO1)c1ccc(CC)cc1. The molecule has 118 valence electrons. The fourth-order valence-electron chi connectivity index (χ4n) is 3.08. The Morgan fingerprint density at radius 3 is 2.62 bits per heavy atom. The van der Waals surface area contributed by atoms with Crippen LogP contribution in [0.2, 0.25) is 0 Å². The van der Waals surface area contributed by atoms with Gasteiger partial charge in [0.2, 0.25) is 0 Å². The zero-order valence-electron chi connectivity index (χ0n) is 13.7. The Labute approximate surface area is 130 Å². The van der Waals surface area contributed by atoms with Gasteiger partial charge in [0.25, 0.3) is 0 Å². The van der Waals surface area contributed by atoms with Crippen molar-refractivity contribution in [1.29, 1.82) is 0 Å². The van der Waals surface area contributed by atoms with Gasteiger partial charge in [0.1, 0.15) is 0 Å². The summed E-state index contributed by atoms with van der Waals surface area (Å²) in [5, 5.41) is 3.71. The van der Waals surface area contributed by atoms with Gasteiger partial charge in [-0.2, -0.15) is 0 Å². The number of aryl methyl sites for hydroxylation is 1. The average Bonchev–Trinajstić information content (AvgIpc) is 2.56. The minimum atomic E-state index is 0.474. The summed E-state index contributed by atoms with van der Waals surface area (Å²) in [7, 11) is 0. The van der Waals surface area contributed by atoms with Gasteiger partial charge in [0.05, 0.1) is 6.10 Å². The van der Waals surface area contributed by atoms with Crippen LogP contribution in [0.5, 0.6) is 0 Å². The molecule has 1 aliphatic rings. The Morgan fingerprint density at radius 1 is 1.19 bits per heavy atom. The molecular formula is C19H31NO. The highest BCUT2D eigenvalue weighted by atomic mass is 16.5. The van der Waals surface area contributed by atoms with Crippen LogP contribution in [-0.2, 0) is 11.2 Å². The molecule has 1 aromatic rings. The number of hydrogen-bond donors (Lipinski definition) is 1. The number of benzene rings is 1. The average molecular weight is 289 g/mol. The van der Waals surface area contributed by atoms with Crippen LogP contribution in [0, 0.1) is 0 Å². The third kappa shape index (κ3) is 5.44. The van der Waals surface area contributed by atoms with Crippen molar-refractivity contribution in [1.82, 2.24) is 5.32 Å². The lowest BCUT2D eigenvalue weighted by molar-refractivity contribution is 0.00854. The van der Waals surface area contributed by atoms with Crippen molar-refractivity contribution in [3.05, 3.63) is 35.4 Å². The van der Waals surface area contributed by atoms with Gasteiger partial charge in [-0.25, -0.2) is 0 Å². The molecule has 2 nitrogen and oxygen atoms in total. The van der Waals surface area contributed by atoms with E-state index in [4.69, 9.17) is 4.74 Å². The summed E-state index contributed by atoms with van der Waals surface area (Å²) in [6, 6.07) is 9.61. The summed E-state index contributed by atoms with van der Waals surface area (Å²) in [6.45, 7) is 6.49. The van der Waals surface area contributed by atoms with Gasteiger partial charge < -0.3 is 10.1 Å². The minimum absolute atomic E-state index is 0.474. The normalized spacial score (nSPS) is 20.4. The molecule has 2 unspecified atom stereocenters. The molecule has 1 aliphatic heterocycles. The molecule has 1 aromatic carbocycles. The molecule has 0 aromatic heterocycles. The highest BCUT2D eigenvalue weighted by molar-refractivity contribution is 5.25. The molecule has 1 heterocycles. The molecule has 1 fully saturated rings. The van der Waals surface area contributed by atoms with E-state index in [1.807, 2.05) is 0 Å². The Hall–Kier alpha value is -0.860. The summed E-state index contributed by atoms with van der Waals surface area (Å²) < 4.78 is 5.88. The van der Waals surface area contributed by atoms with Gasteiger partial charge in [0.15, 0.2) is 0 Å². The van der Waals surface area contributed by atoms with Crippen LogP contribution in [0.15, 0.2) is 24.3 Å². The third-order valence-corrected chi connectivity index (χ3v) is 4.48. The van der Waals surface area contributed by atoms with E-state index in [0.29, 0.717) is 12.1 Å². The van der Waals surface area contributed by atoms with Gasteiger partial charge >= 0.3 is 0 Å². The molecule has 0 radical (unpaired) electrons. The van der Waals surface area contributed by atoms with Crippen LogP contribution in [0.4, 0.5) is 0 Å². The van der Waals surface area contributed by atoms with E-state index in [2.05, 4.69) is 43.4 Å². The van der Waals surface area contributed by atoms with Crippen LogP contribution in [0.3, 0.4) is 0 Å². The van der Waals surface area contributed by atoms with Gasteiger partial charge in [-0.1, -0.05) is 38.1 Å². The van der Waals surface area contributed by atoms with E-state index in [9.17, 15) is 0 Å². The van der Waals surface area contributed by atoms with E-state index in [0.717, 1.165) is 19.6 Å². The number of hydrogen-bond acceptors (Lipinski definition) is 2. The molecule has 2 atom stereocenters. The van der Waals surface area contributed by atoms with E-state index in [1.54, 1.807) is 0 Å². The maximum Gasteiger partial charge on any atom is 0.0575 e. The molecule has 1 saturated heterocycles. The van der Waals surface area contributed by atoms with Crippen molar-refractivity contribution in [2.24, 2.45) is 0 Å². The summed E-state index contributed by atoms with van der Waals surface area (Å²) >= 11 is 0. The summed E-state index contributed by atoms with van der Waals surface area (Å²) in [6.07, 6.45) is 8.96. The van der Waals surface area contributed by atoms with Gasteiger partial charge in [-0.15, -0.1) is 0 Å². The van der Waals surface area contributed by atoms with Crippen molar-refractivity contribution >= 4 is 0 Å². The topological polar surface area (TPSA) is 21.3 Å². The predicted molar refractivity (Wildman–Crippen MR) is 89.7 cm³/mol. The molecular weight excluding hydrogens is 258 g/mol. The molecule has 0 aliphatic carbocycles. The van der Waals surface area contributed by atoms with Crippen LogP contribution in [0.25, 0.3) is 0 Å². The largest absolute Gasteiger partial charge is 0.378 e. The van der Waals surface area contributed by atoms with Gasteiger partial charge in [-0.05, 0) is 62.6 Å². The first-order valence-corrected chi connectivity index (χ1v) is 8.77. The summed E-state index contributed by atoms with van der Waals surface area (Å²) in [4.78, 5) is 0. The van der Waals surface area contributed by atoms with Crippen LogP contribution in [0.1, 0.15) is 69.5 Å². The quantitative estimate of drug-likeness (QED) is 0.753.